The molecule has 7 heteroatoms. The summed E-state index contributed by atoms with van der Waals surface area (Å²) in [4.78, 5) is 0. The average Bonchev–Trinajstić information content (AvgIpc) is 3.12. The Balaban J connectivity index is 1.53. The molecule has 0 bridgehead atoms. The fraction of sp³-hybridized carbons (Fsp3) is 0.300. The third-order valence-corrected chi connectivity index (χ3v) is 4.72. The van der Waals surface area contributed by atoms with Crippen molar-refractivity contribution in [2.45, 2.75) is 24.6 Å². The number of aliphatic hydroxyl groups is 3. The van der Waals surface area contributed by atoms with Crippen molar-refractivity contribution in [1.82, 2.24) is 4.57 Å². The lowest BCUT2D eigenvalue weighted by Gasteiger charge is -2.34. The number of ether oxygens (including phenoxy) is 3. The fourth-order valence-electron chi connectivity index (χ4n) is 3.18. The Morgan fingerprint density at radius 1 is 0.963 bits per heavy atom. The molecule has 2 aromatic carbocycles. The van der Waals surface area contributed by atoms with E-state index in [0.717, 1.165) is 22.3 Å². The Morgan fingerprint density at radius 3 is 2.44 bits per heavy atom. The minimum Gasteiger partial charge on any atom is -0.497 e. The SMILES string of the molecule is COc1ccc2c(ccn2-c2ccc(O[C@@H]3OC[C@H](O)[C@H](O)[C@H]3O)cc2)c1. The van der Waals surface area contributed by atoms with Crippen LogP contribution in [0.25, 0.3) is 16.6 Å². The van der Waals surface area contributed by atoms with E-state index in [1.807, 2.05) is 47.2 Å². The van der Waals surface area contributed by atoms with Crippen LogP contribution in [0.2, 0.25) is 0 Å². The Hall–Kier alpha value is -2.58. The first-order valence-electron chi connectivity index (χ1n) is 8.65. The van der Waals surface area contributed by atoms with E-state index in [9.17, 15) is 15.3 Å². The number of aromatic nitrogens is 1. The predicted octanol–water partition coefficient (Wildman–Crippen LogP) is 1.46. The van der Waals surface area contributed by atoms with Gasteiger partial charge in [0.05, 0.1) is 19.2 Å². The topological polar surface area (TPSA) is 93.3 Å². The van der Waals surface area contributed by atoms with Crippen LogP contribution in [0.3, 0.4) is 0 Å². The summed E-state index contributed by atoms with van der Waals surface area (Å²) in [5, 5.41) is 30.3. The Labute approximate surface area is 155 Å². The van der Waals surface area contributed by atoms with Gasteiger partial charge >= 0.3 is 0 Å². The van der Waals surface area contributed by atoms with Crippen LogP contribution in [0.1, 0.15) is 0 Å². The van der Waals surface area contributed by atoms with E-state index >= 15 is 0 Å². The van der Waals surface area contributed by atoms with Crippen molar-refractivity contribution >= 4 is 10.9 Å². The summed E-state index contributed by atoms with van der Waals surface area (Å²) in [5.41, 5.74) is 2.00. The fourth-order valence-corrected chi connectivity index (χ4v) is 3.18. The number of rotatable bonds is 4. The molecule has 0 spiro atoms. The van der Waals surface area contributed by atoms with Crippen LogP contribution in [-0.4, -0.2) is 58.2 Å². The molecule has 1 fully saturated rings. The zero-order valence-corrected chi connectivity index (χ0v) is 14.7. The normalized spacial score (nSPS) is 25.5. The molecule has 4 rings (SSSR count). The maximum absolute atomic E-state index is 9.96. The number of benzene rings is 2. The third-order valence-electron chi connectivity index (χ3n) is 4.72. The first-order chi connectivity index (χ1) is 13.1. The van der Waals surface area contributed by atoms with E-state index in [-0.39, 0.29) is 6.61 Å². The Bertz CT molecular complexity index is 922. The quantitative estimate of drug-likeness (QED) is 0.643. The number of fused-ring (bicyclic) bond motifs is 1. The summed E-state index contributed by atoms with van der Waals surface area (Å²) in [5.74, 6) is 1.30. The molecule has 0 aliphatic carbocycles. The van der Waals surface area contributed by atoms with E-state index in [1.165, 1.54) is 0 Å². The van der Waals surface area contributed by atoms with Crippen molar-refractivity contribution in [2.75, 3.05) is 13.7 Å². The first-order valence-corrected chi connectivity index (χ1v) is 8.65. The van der Waals surface area contributed by atoms with Crippen molar-refractivity contribution < 1.29 is 29.5 Å². The molecule has 0 unspecified atom stereocenters. The molecule has 2 heterocycles. The highest BCUT2D eigenvalue weighted by molar-refractivity contribution is 5.83. The van der Waals surface area contributed by atoms with Gasteiger partial charge in [-0.3, -0.25) is 0 Å². The summed E-state index contributed by atoms with van der Waals surface area (Å²) in [6.07, 6.45) is -2.80. The molecule has 4 atom stereocenters. The van der Waals surface area contributed by atoms with Crippen molar-refractivity contribution in [2.24, 2.45) is 0 Å². The van der Waals surface area contributed by atoms with Gasteiger partial charge in [-0.05, 0) is 48.5 Å². The minimum atomic E-state index is -1.32. The molecule has 1 aromatic heterocycles. The molecule has 0 amide bonds. The summed E-state index contributed by atoms with van der Waals surface area (Å²) < 4.78 is 18.2. The molecule has 7 nitrogen and oxygen atoms in total. The molecule has 0 saturated carbocycles. The van der Waals surface area contributed by atoms with Gasteiger partial charge in [0.1, 0.15) is 29.8 Å². The summed E-state index contributed by atoms with van der Waals surface area (Å²) >= 11 is 0. The van der Waals surface area contributed by atoms with Crippen LogP contribution in [0.5, 0.6) is 11.5 Å². The van der Waals surface area contributed by atoms with Crippen molar-refractivity contribution in [3.05, 3.63) is 54.7 Å². The van der Waals surface area contributed by atoms with E-state index in [4.69, 9.17) is 14.2 Å². The van der Waals surface area contributed by atoms with E-state index in [0.29, 0.717) is 5.75 Å². The summed E-state index contributed by atoms with van der Waals surface area (Å²) in [7, 11) is 1.64. The molecule has 1 saturated heterocycles. The van der Waals surface area contributed by atoms with Gasteiger partial charge in [-0.25, -0.2) is 0 Å². The lowest BCUT2D eigenvalue weighted by molar-refractivity contribution is -0.242. The van der Waals surface area contributed by atoms with Gasteiger partial charge in [0, 0.05) is 17.3 Å². The van der Waals surface area contributed by atoms with Gasteiger partial charge < -0.3 is 34.1 Å². The van der Waals surface area contributed by atoms with Crippen LogP contribution >= 0.6 is 0 Å². The predicted molar refractivity (Wildman–Crippen MR) is 98.2 cm³/mol. The number of methoxy groups -OCH3 is 1. The van der Waals surface area contributed by atoms with Gasteiger partial charge in [0.15, 0.2) is 0 Å². The van der Waals surface area contributed by atoms with Gasteiger partial charge in [0.2, 0.25) is 6.29 Å². The minimum absolute atomic E-state index is 0.0974. The molecule has 0 radical (unpaired) electrons. The second-order valence-corrected chi connectivity index (χ2v) is 6.47. The molecular weight excluding hydrogens is 350 g/mol. The zero-order valence-electron chi connectivity index (χ0n) is 14.7. The molecule has 27 heavy (non-hydrogen) atoms. The lowest BCUT2D eigenvalue weighted by atomic mass is 10.1. The zero-order chi connectivity index (χ0) is 19.0. The number of hydrogen-bond donors (Lipinski definition) is 3. The first kappa shape index (κ1) is 17.8. The number of nitrogens with zero attached hydrogens (tertiary/aromatic N) is 1. The van der Waals surface area contributed by atoms with Crippen LogP contribution < -0.4 is 9.47 Å². The van der Waals surface area contributed by atoms with E-state index in [1.54, 1.807) is 19.2 Å². The van der Waals surface area contributed by atoms with Crippen LogP contribution in [-0.2, 0) is 4.74 Å². The summed E-state index contributed by atoms with van der Waals surface area (Å²) in [6.45, 7) is -0.0974. The monoisotopic (exact) mass is 371 g/mol. The van der Waals surface area contributed by atoms with E-state index in [2.05, 4.69) is 0 Å². The van der Waals surface area contributed by atoms with Crippen molar-refractivity contribution in [1.29, 1.82) is 0 Å². The lowest BCUT2D eigenvalue weighted by Crippen LogP contribution is -2.54. The third kappa shape index (κ3) is 3.38. The number of aliphatic hydroxyl groups excluding tert-OH is 3. The second-order valence-electron chi connectivity index (χ2n) is 6.47. The van der Waals surface area contributed by atoms with Gasteiger partial charge in [0.25, 0.3) is 0 Å². The molecule has 3 aromatic rings. The summed E-state index contributed by atoms with van der Waals surface area (Å²) in [6, 6.07) is 15.2. The largest absolute Gasteiger partial charge is 0.497 e. The van der Waals surface area contributed by atoms with E-state index < -0.39 is 24.6 Å². The Morgan fingerprint density at radius 2 is 1.70 bits per heavy atom. The molecule has 1 aliphatic heterocycles. The van der Waals surface area contributed by atoms with Crippen LogP contribution in [0.4, 0.5) is 0 Å². The molecular formula is C20H21NO6. The van der Waals surface area contributed by atoms with Crippen molar-refractivity contribution in [3.63, 3.8) is 0 Å². The maximum Gasteiger partial charge on any atom is 0.228 e. The van der Waals surface area contributed by atoms with Gasteiger partial charge in [-0.2, -0.15) is 0 Å². The van der Waals surface area contributed by atoms with Gasteiger partial charge in [-0.1, -0.05) is 0 Å². The van der Waals surface area contributed by atoms with Crippen LogP contribution in [0, 0.1) is 0 Å². The molecule has 3 N–H and O–H groups in total. The highest BCUT2D eigenvalue weighted by Gasteiger charge is 2.38. The average molecular weight is 371 g/mol. The smallest absolute Gasteiger partial charge is 0.228 e. The van der Waals surface area contributed by atoms with Gasteiger partial charge in [-0.15, -0.1) is 0 Å². The molecule has 142 valence electrons. The number of hydrogen-bond acceptors (Lipinski definition) is 6. The molecule has 1 aliphatic rings. The van der Waals surface area contributed by atoms with Crippen LogP contribution in [0.15, 0.2) is 54.7 Å². The van der Waals surface area contributed by atoms with Crippen molar-refractivity contribution in [3.8, 4) is 17.2 Å². The highest BCUT2D eigenvalue weighted by atomic mass is 16.7. The Kier molecular flexibility index (Phi) is 4.75. The standard InChI is InChI=1S/C20H21NO6/c1-25-15-6-7-16-12(10-15)8-9-21(16)13-2-4-14(5-3-13)27-20-19(24)18(23)17(22)11-26-20/h2-10,17-20,22-24H,11H2,1H3/t17-,18-,19+,20-/m0/s1. The second kappa shape index (κ2) is 7.21. The maximum atomic E-state index is 9.96. The highest BCUT2D eigenvalue weighted by Crippen LogP contribution is 2.26.